The van der Waals surface area contributed by atoms with Gasteiger partial charge in [-0.05, 0) is 61.9 Å². The molecule has 1 amide bonds. The standard InChI is InChI=1S/C25H32N4O3S/c1-18-14-19(2)17-28(16-18)33(31,32)22-9-6-8-21(15-22)25(30)26-12-7-13-29-20(3)27-23-10-4-5-11-24(23)29/h4-6,8-11,15,18-19H,7,12-14,16-17H2,1-3H3,(H,26,30)/t18-,19-/m0/s1. The number of carbonyl (C=O) groups is 1. The first-order chi connectivity index (χ1) is 15.8. The largest absolute Gasteiger partial charge is 0.352 e. The minimum Gasteiger partial charge on any atom is -0.352 e. The Morgan fingerprint density at radius 3 is 2.58 bits per heavy atom. The number of piperidine rings is 1. The van der Waals surface area contributed by atoms with Gasteiger partial charge in [0.15, 0.2) is 0 Å². The maximum absolute atomic E-state index is 13.2. The molecular weight excluding hydrogens is 436 g/mol. The number of hydrogen-bond acceptors (Lipinski definition) is 4. The summed E-state index contributed by atoms with van der Waals surface area (Å²) in [7, 11) is -3.62. The van der Waals surface area contributed by atoms with Gasteiger partial charge in [-0.1, -0.05) is 32.0 Å². The maximum atomic E-state index is 13.2. The lowest BCUT2D eigenvalue weighted by Crippen LogP contribution is -2.42. The molecule has 0 saturated carbocycles. The lowest BCUT2D eigenvalue weighted by Gasteiger charge is -2.34. The molecule has 0 aliphatic carbocycles. The highest BCUT2D eigenvalue weighted by atomic mass is 32.2. The molecule has 1 aliphatic rings. The lowest BCUT2D eigenvalue weighted by atomic mass is 9.94. The van der Waals surface area contributed by atoms with Crippen LogP contribution in [0.3, 0.4) is 0 Å². The number of nitrogens with zero attached hydrogens (tertiary/aromatic N) is 3. The molecular formula is C25H32N4O3S. The van der Waals surface area contributed by atoms with Crippen LogP contribution in [0.4, 0.5) is 0 Å². The summed E-state index contributed by atoms with van der Waals surface area (Å²) in [6.07, 6.45) is 1.78. The molecule has 176 valence electrons. The number of rotatable bonds is 7. The minimum atomic E-state index is -3.62. The number of aromatic nitrogens is 2. The molecule has 2 aromatic carbocycles. The van der Waals surface area contributed by atoms with Gasteiger partial charge in [0.1, 0.15) is 5.82 Å². The van der Waals surface area contributed by atoms with Gasteiger partial charge in [0.05, 0.1) is 15.9 Å². The average molecular weight is 469 g/mol. The number of amides is 1. The Labute approximate surface area is 195 Å². The van der Waals surface area contributed by atoms with Crippen LogP contribution in [0.5, 0.6) is 0 Å². The molecule has 33 heavy (non-hydrogen) atoms. The first kappa shape index (κ1) is 23.4. The van der Waals surface area contributed by atoms with Gasteiger partial charge in [0.2, 0.25) is 10.0 Å². The highest BCUT2D eigenvalue weighted by molar-refractivity contribution is 7.89. The van der Waals surface area contributed by atoms with E-state index in [1.165, 1.54) is 6.07 Å². The summed E-state index contributed by atoms with van der Waals surface area (Å²) in [5.74, 6) is 1.33. The van der Waals surface area contributed by atoms with Gasteiger partial charge in [-0.15, -0.1) is 0 Å². The van der Waals surface area contributed by atoms with E-state index in [0.717, 1.165) is 36.2 Å². The molecule has 0 spiro atoms. The van der Waals surface area contributed by atoms with E-state index in [4.69, 9.17) is 0 Å². The predicted octanol–water partition coefficient (Wildman–Crippen LogP) is 3.83. The normalized spacial score (nSPS) is 19.6. The van der Waals surface area contributed by atoms with Gasteiger partial charge >= 0.3 is 0 Å². The molecule has 0 unspecified atom stereocenters. The van der Waals surface area contributed by atoms with Gasteiger partial charge in [0.25, 0.3) is 5.91 Å². The second kappa shape index (κ2) is 9.65. The fourth-order valence-electron chi connectivity index (χ4n) is 4.77. The van der Waals surface area contributed by atoms with Crippen molar-refractivity contribution in [3.05, 3.63) is 59.9 Å². The van der Waals surface area contributed by atoms with Crippen LogP contribution >= 0.6 is 0 Å². The van der Waals surface area contributed by atoms with Crippen LogP contribution in [0.2, 0.25) is 0 Å². The lowest BCUT2D eigenvalue weighted by molar-refractivity contribution is 0.0952. The molecule has 2 atom stereocenters. The van der Waals surface area contributed by atoms with Crippen LogP contribution in [-0.2, 0) is 16.6 Å². The molecule has 1 N–H and O–H groups in total. The third-order valence-electron chi connectivity index (χ3n) is 6.26. The van der Waals surface area contributed by atoms with E-state index in [1.54, 1.807) is 22.5 Å². The fourth-order valence-corrected chi connectivity index (χ4v) is 6.49. The first-order valence-corrected chi connectivity index (χ1v) is 13.0. The van der Waals surface area contributed by atoms with Crippen LogP contribution in [0.25, 0.3) is 11.0 Å². The summed E-state index contributed by atoms with van der Waals surface area (Å²) in [6.45, 7) is 8.41. The highest BCUT2D eigenvalue weighted by Crippen LogP contribution is 2.27. The number of nitrogens with one attached hydrogen (secondary N) is 1. The Morgan fingerprint density at radius 2 is 1.82 bits per heavy atom. The van der Waals surface area contributed by atoms with E-state index >= 15 is 0 Å². The van der Waals surface area contributed by atoms with E-state index in [-0.39, 0.29) is 10.8 Å². The fraction of sp³-hybridized carbons (Fsp3) is 0.440. The molecule has 1 saturated heterocycles. The van der Waals surface area contributed by atoms with Gasteiger partial charge in [-0.2, -0.15) is 4.31 Å². The number of aryl methyl sites for hydroxylation is 2. The van der Waals surface area contributed by atoms with E-state index in [9.17, 15) is 13.2 Å². The Kier molecular flexibility index (Phi) is 6.86. The Hall–Kier alpha value is -2.71. The molecule has 0 bridgehead atoms. The van der Waals surface area contributed by atoms with Crippen molar-refractivity contribution in [2.24, 2.45) is 11.8 Å². The molecule has 4 rings (SSSR count). The van der Waals surface area contributed by atoms with Crippen molar-refractivity contribution < 1.29 is 13.2 Å². The van der Waals surface area contributed by atoms with Crippen molar-refractivity contribution in [3.8, 4) is 0 Å². The van der Waals surface area contributed by atoms with Crippen molar-refractivity contribution in [1.29, 1.82) is 0 Å². The van der Waals surface area contributed by atoms with Crippen LogP contribution < -0.4 is 5.32 Å². The third-order valence-corrected chi connectivity index (χ3v) is 8.09. The second-order valence-corrected chi connectivity index (χ2v) is 11.1. The monoisotopic (exact) mass is 468 g/mol. The zero-order valence-electron chi connectivity index (χ0n) is 19.5. The average Bonchev–Trinajstić information content (AvgIpc) is 3.11. The number of benzene rings is 2. The summed E-state index contributed by atoms with van der Waals surface area (Å²) in [4.78, 5) is 17.5. The molecule has 8 heteroatoms. The molecule has 1 aliphatic heterocycles. The van der Waals surface area contributed by atoms with Crippen molar-refractivity contribution in [3.63, 3.8) is 0 Å². The maximum Gasteiger partial charge on any atom is 0.251 e. The summed E-state index contributed by atoms with van der Waals surface area (Å²) in [6, 6.07) is 14.4. The predicted molar refractivity (Wildman–Crippen MR) is 130 cm³/mol. The van der Waals surface area contributed by atoms with Crippen LogP contribution in [0.15, 0.2) is 53.4 Å². The van der Waals surface area contributed by atoms with Gasteiger partial charge in [-0.3, -0.25) is 4.79 Å². The van der Waals surface area contributed by atoms with Crippen LogP contribution in [0, 0.1) is 18.8 Å². The summed E-state index contributed by atoms with van der Waals surface area (Å²) < 4.78 is 30.0. The smallest absolute Gasteiger partial charge is 0.251 e. The summed E-state index contributed by atoms with van der Waals surface area (Å²) >= 11 is 0. The van der Waals surface area contributed by atoms with Crippen molar-refractivity contribution in [1.82, 2.24) is 19.2 Å². The SMILES string of the molecule is Cc1nc2ccccc2n1CCCNC(=O)c1cccc(S(=O)(=O)N2C[C@@H](C)C[C@H](C)C2)c1. The van der Waals surface area contributed by atoms with Crippen molar-refractivity contribution in [2.45, 2.75) is 45.1 Å². The second-order valence-electron chi connectivity index (χ2n) is 9.20. The molecule has 2 heterocycles. The van der Waals surface area contributed by atoms with Gasteiger partial charge in [-0.25, -0.2) is 13.4 Å². The topological polar surface area (TPSA) is 84.3 Å². The number of hydrogen-bond donors (Lipinski definition) is 1. The highest BCUT2D eigenvalue weighted by Gasteiger charge is 2.31. The molecule has 1 aromatic heterocycles. The van der Waals surface area contributed by atoms with Gasteiger partial charge < -0.3 is 9.88 Å². The Bertz CT molecular complexity index is 1240. The van der Waals surface area contributed by atoms with E-state index in [2.05, 4.69) is 28.7 Å². The molecule has 0 radical (unpaired) electrons. The zero-order valence-corrected chi connectivity index (χ0v) is 20.3. The quantitative estimate of drug-likeness (QED) is 0.534. The van der Waals surface area contributed by atoms with Crippen molar-refractivity contribution in [2.75, 3.05) is 19.6 Å². The third kappa shape index (κ3) is 5.12. The summed E-state index contributed by atoms with van der Waals surface area (Å²) in [5, 5.41) is 2.92. The van der Waals surface area contributed by atoms with Crippen molar-refractivity contribution >= 4 is 27.0 Å². The number of fused-ring (bicyclic) bond motifs is 1. The van der Waals surface area contributed by atoms with Crippen LogP contribution in [-0.4, -0.2) is 47.8 Å². The Balaban J connectivity index is 1.38. The van der Waals surface area contributed by atoms with E-state index in [1.807, 2.05) is 31.2 Å². The number of imidazole rings is 1. The molecule has 1 fully saturated rings. The zero-order chi connectivity index (χ0) is 23.6. The summed E-state index contributed by atoms with van der Waals surface area (Å²) in [5.41, 5.74) is 2.41. The Morgan fingerprint density at radius 1 is 1.09 bits per heavy atom. The first-order valence-electron chi connectivity index (χ1n) is 11.6. The van der Waals surface area contributed by atoms with E-state index in [0.29, 0.717) is 37.0 Å². The number of sulfonamides is 1. The molecule has 7 nitrogen and oxygen atoms in total. The number of para-hydroxylation sites is 2. The van der Waals surface area contributed by atoms with E-state index < -0.39 is 10.0 Å². The molecule has 3 aromatic rings. The minimum absolute atomic E-state index is 0.178. The van der Waals surface area contributed by atoms with Crippen LogP contribution in [0.1, 0.15) is 42.9 Å². The van der Waals surface area contributed by atoms with Gasteiger partial charge in [0, 0.05) is 31.7 Å². The number of carbonyl (C=O) groups excluding carboxylic acids is 1.